The zero-order valence-electron chi connectivity index (χ0n) is 17.5. The SMILES string of the molecule is CN(C)C(=O)CN1CCC(N(C)C(=O)Nc2ccc(-c3ccccc3)cc2)CC1. The maximum absolute atomic E-state index is 12.7. The van der Waals surface area contributed by atoms with Gasteiger partial charge in [-0.1, -0.05) is 42.5 Å². The molecule has 0 bridgehead atoms. The molecule has 3 amide bonds. The van der Waals surface area contributed by atoms with E-state index in [9.17, 15) is 9.59 Å². The highest BCUT2D eigenvalue weighted by molar-refractivity contribution is 5.89. The molecular weight excluding hydrogens is 364 g/mol. The van der Waals surface area contributed by atoms with Crippen LogP contribution in [0.5, 0.6) is 0 Å². The Balaban J connectivity index is 1.50. The van der Waals surface area contributed by atoms with Gasteiger partial charge < -0.3 is 15.1 Å². The molecule has 0 atom stereocenters. The molecule has 0 radical (unpaired) electrons. The van der Waals surface area contributed by atoms with E-state index in [2.05, 4.69) is 22.3 Å². The van der Waals surface area contributed by atoms with Crippen LogP contribution in [0.15, 0.2) is 54.6 Å². The number of nitrogens with one attached hydrogen (secondary N) is 1. The minimum Gasteiger partial charge on any atom is -0.348 e. The van der Waals surface area contributed by atoms with Gasteiger partial charge in [-0.3, -0.25) is 9.69 Å². The molecule has 1 heterocycles. The number of likely N-dealkylation sites (N-methyl/N-ethyl adjacent to an activating group) is 1. The fourth-order valence-electron chi connectivity index (χ4n) is 3.55. The Labute approximate surface area is 173 Å². The lowest BCUT2D eigenvalue weighted by atomic mass is 10.0. The van der Waals surface area contributed by atoms with Crippen molar-refractivity contribution >= 4 is 17.6 Å². The average molecular weight is 395 g/mol. The fraction of sp³-hybridized carbons (Fsp3) is 0.391. The van der Waals surface area contributed by atoms with Crippen molar-refractivity contribution in [1.82, 2.24) is 14.7 Å². The van der Waals surface area contributed by atoms with Crippen LogP contribution in [0.4, 0.5) is 10.5 Å². The number of nitrogens with zero attached hydrogens (tertiary/aromatic N) is 3. The summed E-state index contributed by atoms with van der Waals surface area (Å²) in [5.74, 6) is 0.119. The molecule has 3 rings (SSSR count). The van der Waals surface area contributed by atoms with Crippen molar-refractivity contribution in [2.24, 2.45) is 0 Å². The Morgan fingerprint density at radius 2 is 1.52 bits per heavy atom. The van der Waals surface area contributed by atoms with E-state index in [-0.39, 0.29) is 18.0 Å². The monoisotopic (exact) mass is 394 g/mol. The molecule has 0 aliphatic carbocycles. The van der Waals surface area contributed by atoms with E-state index in [1.54, 1.807) is 23.9 Å². The van der Waals surface area contributed by atoms with Crippen molar-refractivity contribution in [2.45, 2.75) is 18.9 Å². The van der Waals surface area contributed by atoms with Crippen molar-refractivity contribution < 1.29 is 9.59 Å². The number of piperidine rings is 1. The number of carbonyl (C=O) groups excluding carboxylic acids is 2. The predicted octanol–water partition coefficient (Wildman–Crippen LogP) is 3.37. The molecule has 2 aromatic rings. The second-order valence-corrected chi connectivity index (χ2v) is 7.78. The molecule has 0 aromatic heterocycles. The first kappa shape index (κ1) is 20.9. The molecule has 1 fully saturated rings. The summed E-state index contributed by atoms with van der Waals surface area (Å²) in [6.45, 7) is 2.10. The number of carbonyl (C=O) groups is 2. The van der Waals surface area contributed by atoms with Crippen molar-refractivity contribution in [3.8, 4) is 11.1 Å². The van der Waals surface area contributed by atoms with Gasteiger partial charge in [0.2, 0.25) is 5.91 Å². The van der Waals surface area contributed by atoms with E-state index in [1.165, 1.54) is 0 Å². The minimum absolute atomic E-state index is 0.0970. The van der Waals surface area contributed by atoms with Crippen LogP contribution in [0.25, 0.3) is 11.1 Å². The molecule has 0 unspecified atom stereocenters. The van der Waals surface area contributed by atoms with Gasteiger partial charge in [-0.2, -0.15) is 0 Å². The topological polar surface area (TPSA) is 55.9 Å². The van der Waals surface area contributed by atoms with Crippen molar-refractivity contribution in [2.75, 3.05) is 46.1 Å². The number of benzene rings is 2. The second kappa shape index (κ2) is 9.56. The molecule has 6 heteroatoms. The third kappa shape index (κ3) is 5.57. The molecule has 29 heavy (non-hydrogen) atoms. The van der Waals surface area contributed by atoms with Crippen LogP contribution in [0.3, 0.4) is 0 Å². The van der Waals surface area contributed by atoms with Crippen LogP contribution in [0.2, 0.25) is 0 Å². The summed E-state index contributed by atoms with van der Waals surface area (Å²) < 4.78 is 0. The van der Waals surface area contributed by atoms with Crippen molar-refractivity contribution in [1.29, 1.82) is 0 Å². The first-order chi connectivity index (χ1) is 13.9. The zero-order valence-corrected chi connectivity index (χ0v) is 17.5. The Morgan fingerprint density at radius 3 is 2.10 bits per heavy atom. The molecular formula is C23H30N4O2. The van der Waals surface area contributed by atoms with Crippen LogP contribution in [-0.2, 0) is 4.79 Å². The summed E-state index contributed by atoms with van der Waals surface area (Å²) in [5.41, 5.74) is 3.06. The molecule has 0 saturated carbocycles. The van der Waals surface area contributed by atoms with Gasteiger partial charge in [0.15, 0.2) is 0 Å². The van der Waals surface area contributed by atoms with E-state index in [1.807, 2.05) is 49.5 Å². The Hall–Kier alpha value is -2.86. The molecule has 1 saturated heterocycles. The molecule has 2 aromatic carbocycles. The molecule has 1 aliphatic heterocycles. The number of urea groups is 1. The van der Waals surface area contributed by atoms with E-state index in [4.69, 9.17) is 0 Å². The van der Waals surface area contributed by atoms with Gasteiger partial charge in [-0.25, -0.2) is 4.79 Å². The van der Waals surface area contributed by atoms with Crippen molar-refractivity contribution in [3.05, 3.63) is 54.6 Å². The predicted molar refractivity (Wildman–Crippen MR) is 117 cm³/mol. The van der Waals surface area contributed by atoms with Crippen LogP contribution in [0, 0.1) is 0 Å². The highest BCUT2D eigenvalue weighted by Crippen LogP contribution is 2.22. The lowest BCUT2D eigenvalue weighted by molar-refractivity contribution is -0.130. The summed E-state index contributed by atoms with van der Waals surface area (Å²) in [5, 5.41) is 2.99. The van der Waals surface area contributed by atoms with Crippen LogP contribution >= 0.6 is 0 Å². The highest BCUT2D eigenvalue weighted by atomic mass is 16.2. The summed E-state index contributed by atoms with van der Waals surface area (Å²) in [6, 6.07) is 18.2. The second-order valence-electron chi connectivity index (χ2n) is 7.78. The first-order valence-electron chi connectivity index (χ1n) is 10.1. The van der Waals surface area contributed by atoms with Gasteiger partial charge in [0.1, 0.15) is 0 Å². The van der Waals surface area contributed by atoms with E-state index in [0.717, 1.165) is 42.7 Å². The van der Waals surface area contributed by atoms with E-state index >= 15 is 0 Å². The van der Waals surface area contributed by atoms with Crippen LogP contribution in [0.1, 0.15) is 12.8 Å². The summed E-state index contributed by atoms with van der Waals surface area (Å²) >= 11 is 0. The molecule has 154 valence electrons. The largest absolute Gasteiger partial charge is 0.348 e. The molecule has 0 spiro atoms. The molecule has 6 nitrogen and oxygen atoms in total. The van der Waals surface area contributed by atoms with Gasteiger partial charge in [-0.15, -0.1) is 0 Å². The maximum atomic E-state index is 12.7. The maximum Gasteiger partial charge on any atom is 0.321 e. The normalized spacial score (nSPS) is 15.0. The average Bonchev–Trinajstić information content (AvgIpc) is 2.75. The summed E-state index contributed by atoms with van der Waals surface area (Å²) in [4.78, 5) is 30.1. The Morgan fingerprint density at radius 1 is 0.931 bits per heavy atom. The quantitative estimate of drug-likeness (QED) is 0.846. The summed E-state index contributed by atoms with van der Waals surface area (Å²) in [7, 11) is 5.40. The van der Waals surface area contributed by atoms with Crippen molar-refractivity contribution in [3.63, 3.8) is 0 Å². The van der Waals surface area contributed by atoms with Gasteiger partial charge >= 0.3 is 6.03 Å². The van der Waals surface area contributed by atoms with Gasteiger partial charge in [0.25, 0.3) is 0 Å². The van der Waals surface area contributed by atoms with Crippen LogP contribution in [-0.4, -0.2) is 73.5 Å². The van der Waals surface area contributed by atoms with E-state index in [0.29, 0.717) is 6.54 Å². The fourth-order valence-corrected chi connectivity index (χ4v) is 3.55. The first-order valence-corrected chi connectivity index (χ1v) is 10.1. The third-order valence-electron chi connectivity index (χ3n) is 5.53. The van der Waals surface area contributed by atoms with Crippen LogP contribution < -0.4 is 5.32 Å². The standard InChI is InChI=1S/C23H30N4O2/c1-25(2)22(28)17-27-15-13-21(14-16-27)26(3)23(29)24-20-11-9-19(10-12-20)18-7-5-4-6-8-18/h4-12,21H,13-17H2,1-3H3,(H,24,29). The number of hydrogen-bond acceptors (Lipinski definition) is 3. The number of likely N-dealkylation sites (tertiary alicyclic amines) is 1. The minimum atomic E-state index is -0.0970. The number of amides is 3. The van der Waals surface area contributed by atoms with Gasteiger partial charge in [-0.05, 0) is 36.1 Å². The Kier molecular flexibility index (Phi) is 6.88. The summed E-state index contributed by atoms with van der Waals surface area (Å²) in [6.07, 6.45) is 1.75. The molecule has 1 N–H and O–H groups in total. The number of hydrogen-bond donors (Lipinski definition) is 1. The molecule has 1 aliphatic rings. The van der Waals surface area contributed by atoms with E-state index < -0.39 is 0 Å². The zero-order chi connectivity index (χ0) is 20.8. The number of rotatable bonds is 5. The van der Waals surface area contributed by atoms with Gasteiger partial charge in [0, 0.05) is 46.0 Å². The highest BCUT2D eigenvalue weighted by Gasteiger charge is 2.26. The third-order valence-corrected chi connectivity index (χ3v) is 5.53. The lowest BCUT2D eigenvalue weighted by Gasteiger charge is -2.36. The smallest absolute Gasteiger partial charge is 0.321 e. The Bertz CT molecular complexity index is 813. The van der Waals surface area contributed by atoms with Gasteiger partial charge in [0.05, 0.1) is 6.54 Å². The lowest BCUT2D eigenvalue weighted by Crippen LogP contribution is -2.48. The number of anilines is 1.